The Morgan fingerprint density at radius 1 is 1.17 bits per heavy atom. The first kappa shape index (κ1) is 15.3. The van der Waals surface area contributed by atoms with Gasteiger partial charge in [0, 0.05) is 12.5 Å². The number of hydrogen-bond acceptors (Lipinski definition) is 1. The Labute approximate surface area is 110 Å². The normalized spacial score (nSPS) is 13.6. The fraction of sp³-hybridized carbons (Fsp3) is 0.538. The number of rotatable bonds is 7. The molecule has 0 saturated heterocycles. The topological polar surface area (TPSA) is 9.23 Å². The van der Waals surface area contributed by atoms with Gasteiger partial charge in [-0.3, -0.25) is 0 Å². The first-order chi connectivity index (χ1) is 8.53. The van der Waals surface area contributed by atoms with E-state index in [-0.39, 0.29) is 12.5 Å². The number of alkyl halides is 4. The molecule has 0 radical (unpaired) electrons. The fourth-order valence-electron chi connectivity index (χ4n) is 1.68. The van der Waals surface area contributed by atoms with E-state index in [1.54, 1.807) is 0 Å². The van der Waals surface area contributed by atoms with Crippen molar-refractivity contribution in [2.75, 3.05) is 19.1 Å². The summed E-state index contributed by atoms with van der Waals surface area (Å²) in [7, 11) is 0. The Morgan fingerprint density at radius 2 is 1.83 bits per heavy atom. The van der Waals surface area contributed by atoms with Crippen molar-refractivity contribution < 1.29 is 17.9 Å². The molecule has 0 fully saturated rings. The molecule has 1 nitrogen and oxygen atoms in total. The summed E-state index contributed by atoms with van der Waals surface area (Å²) < 4.78 is 40.0. The highest BCUT2D eigenvalue weighted by Gasteiger charge is 2.27. The van der Waals surface area contributed by atoms with Gasteiger partial charge in [0.15, 0.2) is 0 Å². The molecular formula is C13H16ClF3O. The maximum Gasteiger partial charge on any atom is 0.411 e. The second kappa shape index (κ2) is 7.64. The van der Waals surface area contributed by atoms with Gasteiger partial charge in [0.25, 0.3) is 0 Å². The van der Waals surface area contributed by atoms with Crippen molar-refractivity contribution >= 4 is 11.6 Å². The summed E-state index contributed by atoms with van der Waals surface area (Å²) in [6, 6.07) is 9.72. The number of ether oxygens (including phenoxy) is 1. The van der Waals surface area contributed by atoms with Crippen LogP contribution in [0.1, 0.15) is 24.3 Å². The van der Waals surface area contributed by atoms with Crippen molar-refractivity contribution in [1.82, 2.24) is 0 Å². The molecule has 0 heterocycles. The molecule has 1 unspecified atom stereocenters. The zero-order valence-electron chi connectivity index (χ0n) is 9.92. The maximum atomic E-state index is 11.8. The van der Waals surface area contributed by atoms with Crippen LogP contribution in [0.2, 0.25) is 0 Å². The Morgan fingerprint density at radius 3 is 2.39 bits per heavy atom. The van der Waals surface area contributed by atoms with Gasteiger partial charge in [-0.1, -0.05) is 30.3 Å². The molecule has 0 spiro atoms. The fourth-order valence-corrected chi connectivity index (χ4v) is 2.01. The zero-order valence-corrected chi connectivity index (χ0v) is 10.7. The van der Waals surface area contributed by atoms with Gasteiger partial charge >= 0.3 is 6.18 Å². The molecular weight excluding hydrogens is 265 g/mol. The molecule has 18 heavy (non-hydrogen) atoms. The summed E-state index contributed by atoms with van der Waals surface area (Å²) in [5.74, 6) is 0.630. The van der Waals surface area contributed by atoms with E-state index >= 15 is 0 Å². The second-order valence-electron chi connectivity index (χ2n) is 4.07. The molecule has 0 aromatic heterocycles. The van der Waals surface area contributed by atoms with E-state index in [1.165, 1.54) is 0 Å². The van der Waals surface area contributed by atoms with Crippen LogP contribution in [0.5, 0.6) is 0 Å². The highest BCUT2D eigenvalue weighted by molar-refractivity contribution is 6.18. The van der Waals surface area contributed by atoms with Crippen molar-refractivity contribution in [1.29, 1.82) is 0 Å². The molecule has 0 bridgehead atoms. The molecule has 0 saturated carbocycles. The lowest BCUT2D eigenvalue weighted by Gasteiger charge is -2.14. The second-order valence-corrected chi connectivity index (χ2v) is 4.38. The van der Waals surface area contributed by atoms with Crippen molar-refractivity contribution in [3.8, 4) is 0 Å². The molecule has 1 aromatic carbocycles. The van der Waals surface area contributed by atoms with Gasteiger partial charge in [0.2, 0.25) is 0 Å². The molecule has 0 N–H and O–H groups in total. The Hall–Kier alpha value is -0.740. The Kier molecular flexibility index (Phi) is 6.50. The molecule has 1 aromatic rings. The summed E-state index contributed by atoms with van der Waals surface area (Å²) in [5.41, 5.74) is 1.11. The Balaban J connectivity index is 2.25. The largest absolute Gasteiger partial charge is 0.411 e. The molecule has 102 valence electrons. The van der Waals surface area contributed by atoms with Gasteiger partial charge in [-0.25, -0.2) is 0 Å². The minimum Gasteiger partial charge on any atom is -0.372 e. The van der Waals surface area contributed by atoms with Gasteiger partial charge in [0.05, 0.1) is 0 Å². The van der Waals surface area contributed by atoms with Crippen LogP contribution in [0.15, 0.2) is 30.3 Å². The quantitative estimate of drug-likeness (QED) is 0.532. The highest BCUT2D eigenvalue weighted by atomic mass is 35.5. The highest BCUT2D eigenvalue weighted by Crippen LogP contribution is 2.22. The molecule has 0 aliphatic heterocycles. The van der Waals surface area contributed by atoms with E-state index in [9.17, 15) is 13.2 Å². The summed E-state index contributed by atoms with van der Waals surface area (Å²) >= 11 is 5.87. The summed E-state index contributed by atoms with van der Waals surface area (Å²) in [6.45, 7) is -1.07. The van der Waals surface area contributed by atoms with E-state index in [0.29, 0.717) is 12.3 Å². The van der Waals surface area contributed by atoms with Crippen LogP contribution in [-0.2, 0) is 4.74 Å². The van der Waals surface area contributed by atoms with Gasteiger partial charge in [-0.15, -0.1) is 11.6 Å². The third-order valence-electron chi connectivity index (χ3n) is 2.56. The van der Waals surface area contributed by atoms with Crippen LogP contribution >= 0.6 is 11.6 Å². The van der Waals surface area contributed by atoms with Crippen molar-refractivity contribution in [3.63, 3.8) is 0 Å². The smallest absolute Gasteiger partial charge is 0.372 e. The van der Waals surface area contributed by atoms with Gasteiger partial charge in [-0.2, -0.15) is 13.2 Å². The van der Waals surface area contributed by atoms with Crippen molar-refractivity contribution in [3.05, 3.63) is 35.9 Å². The van der Waals surface area contributed by atoms with Crippen molar-refractivity contribution in [2.45, 2.75) is 24.9 Å². The first-order valence-corrected chi connectivity index (χ1v) is 6.32. The molecule has 1 rings (SSSR count). The molecule has 0 aliphatic rings. The third kappa shape index (κ3) is 6.26. The van der Waals surface area contributed by atoms with E-state index in [4.69, 9.17) is 11.6 Å². The average Bonchev–Trinajstić information content (AvgIpc) is 2.33. The standard InChI is InChI=1S/C13H16ClF3O/c14-9-12(11-5-2-1-3-6-11)7-4-8-18-10-13(15,16)17/h1-3,5-6,12H,4,7-10H2. The first-order valence-electron chi connectivity index (χ1n) is 5.78. The third-order valence-corrected chi connectivity index (χ3v) is 2.94. The Bertz CT molecular complexity index is 327. The molecule has 1 atom stereocenters. The van der Waals surface area contributed by atoms with Crippen LogP contribution in [0, 0.1) is 0 Å². The number of halogens is 4. The average molecular weight is 281 g/mol. The van der Waals surface area contributed by atoms with E-state index in [1.807, 2.05) is 30.3 Å². The van der Waals surface area contributed by atoms with E-state index in [0.717, 1.165) is 12.0 Å². The monoisotopic (exact) mass is 280 g/mol. The number of benzene rings is 1. The molecule has 0 amide bonds. The van der Waals surface area contributed by atoms with Crippen LogP contribution in [-0.4, -0.2) is 25.3 Å². The lowest BCUT2D eigenvalue weighted by atomic mass is 9.96. The van der Waals surface area contributed by atoms with E-state index in [2.05, 4.69) is 4.74 Å². The van der Waals surface area contributed by atoms with Gasteiger partial charge < -0.3 is 4.74 Å². The summed E-state index contributed by atoms with van der Waals surface area (Å²) in [4.78, 5) is 0. The lowest BCUT2D eigenvalue weighted by molar-refractivity contribution is -0.174. The van der Waals surface area contributed by atoms with Crippen molar-refractivity contribution in [2.24, 2.45) is 0 Å². The molecule has 5 heteroatoms. The van der Waals surface area contributed by atoms with Crippen LogP contribution in [0.25, 0.3) is 0 Å². The van der Waals surface area contributed by atoms with Crippen LogP contribution in [0.3, 0.4) is 0 Å². The maximum absolute atomic E-state index is 11.8. The number of hydrogen-bond donors (Lipinski definition) is 0. The minimum atomic E-state index is -4.24. The minimum absolute atomic E-state index is 0.111. The van der Waals surface area contributed by atoms with E-state index < -0.39 is 12.8 Å². The van der Waals surface area contributed by atoms with Crippen LogP contribution < -0.4 is 0 Å². The summed E-state index contributed by atoms with van der Waals surface area (Å²) in [6.07, 6.45) is -2.95. The summed E-state index contributed by atoms with van der Waals surface area (Å²) in [5, 5.41) is 0. The predicted octanol–water partition coefficient (Wildman–Crippen LogP) is 4.37. The SMILES string of the molecule is FC(F)(F)COCCCC(CCl)c1ccccc1. The lowest BCUT2D eigenvalue weighted by Crippen LogP contribution is -2.17. The van der Waals surface area contributed by atoms with Gasteiger partial charge in [-0.05, 0) is 24.3 Å². The predicted molar refractivity (Wildman–Crippen MR) is 66.0 cm³/mol. The van der Waals surface area contributed by atoms with Crippen LogP contribution in [0.4, 0.5) is 13.2 Å². The zero-order chi connectivity index (χ0) is 13.4. The molecule has 0 aliphatic carbocycles. The van der Waals surface area contributed by atoms with Gasteiger partial charge in [0.1, 0.15) is 6.61 Å².